The first-order valence-corrected chi connectivity index (χ1v) is 4.95. The van der Waals surface area contributed by atoms with Crippen molar-refractivity contribution in [2.75, 3.05) is 0 Å². The quantitative estimate of drug-likeness (QED) is 0.469. The largest absolute Gasteiger partial charge is 0.123 e. The fraction of sp³-hybridized carbons (Fsp3) is 1.00. The van der Waals surface area contributed by atoms with E-state index in [1.54, 1.807) is 6.42 Å². The van der Waals surface area contributed by atoms with Crippen molar-refractivity contribution in [3.63, 3.8) is 0 Å². The number of halogens is 1. The summed E-state index contributed by atoms with van der Waals surface area (Å²) in [4.78, 5) is 0. The number of alkyl halides is 1. The Morgan fingerprint density at radius 3 is 2.10 bits per heavy atom. The molecule has 0 radical (unpaired) electrons. The van der Waals surface area contributed by atoms with E-state index in [9.17, 15) is 0 Å². The summed E-state index contributed by atoms with van der Waals surface area (Å²) in [5.41, 5.74) is 0. The van der Waals surface area contributed by atoms with E-state index in [1.165, 1.54) is 18.3 Å². The fourth-order valence-corrected chi connectivity index (χ4v) is 5.21. The summed E-state index contributed by atoms with van der Waals surface area (Å²) >= 11 is 6.25. The van der Waals surface area contributed by atoms with E-state index < -0.39 is 0 Å². The Labute approximate surface area is 65.9 Å². The van der Waals surface area contributed by atoms with Gasteiger partial charge in [0.2, 0.25) is 0 Å². The van der Waals surface area contributed by atoms with Crippen LogP contribution in [0.1, 0.15) is 12.8 Å². The minimum atomic E-state index is 0.587. The molecule has 7 atom stereocenters. The lowest BCUT2D eigenvalue weighted by Crippen LogP contribution is -2.12. The summed E-state index contributed by atoms with van der Waals surface area (Å²) in [7, 11) is 0. The molecular weight excluding hydrogens is 144 g/mol. The molecular formula is C9H11Cl. The van der Waals surface area contributed by atoms with Crippen LogP contribution in [-0.4, -0.2) is 5.38 Å². The molecule has 7 unspecified atom stereocenters. The van der Waals surface area contributed by atoms with E-state index in [2.05, 4.69) is 0 Å². The van der Waals surface area contributed by atoms with E-state index in [0.717, 1.165) is 23.7 Å². The van der Waals surface area contributed by atoms with Gasteiger partial charge in [-0.1, -0.05) is 0 Å². The van der Waals surface area contributed by atoms with Crippen LogP contribution in [-0.2, 0) is 0 Å². The van der Waals surface area contributed by atoms with Crippen molar-refractivity contribution in [3.05, 3.63) is 0 Å². The lowest BCUT2D eigenvalue weighted by Gasteiger charge is -2.13. The summed E-state index contributed by atoms with van der Waals surface area (Å²) in [5, 5.41) is 0.587. The molecule has 0 nitrogen and oxygen atoms in total. The molecule has 0 aliphatic heterocycles. The predicted octanol–water partition coefficient (Wildman–Crippen LogP) is 2.13. The third kappa shape index (κ3) is 0.300. The third-order valence-corrected chi connectivity index (χ3v) is 5.20. The zero-order valence-electron chi connectivity index (χ0n) is 5.83. The molecule has 5 fully saturated rings. The smallest absolute Gasteiger partial charge is 0.0372 e. The summed E-state index contributed by atoms with van der Waals surface area (Å²) in [6, 6.07) is 0. The standard InChI is InChI=1S/C9H11Cl/c10-6-2-4-3-1-5-7(4)9(5)8(3)6/h3-9H,1-2H2. The first-order chi connectivity index (χ1) is 4.88. The third-order valence-electron chi connectivity index (χ3n) is 4.73. The van der Waals surface area contributed by atoms with Gasteiger partial charge in [-0.3, -0.25) is 0 Å². The summed E-state index contributed by atoms with van der Waals surface area (Å²) in [5.74, 6) is 6.67. The molecule has 0 heterocycles. The minimum absolute atomic E-state index is 0.587. The SMILES string of the molecule is ClC1CC2C3CC4C2C4C13. The first-order valence-electron chi connectivity index (χ1n) is 4.52. The molecule has 5 saturated carbocycles. The van der Waals surface area contributed by atoms with Crippen LogP contribution in [0.5, 0.6) is 0 Å². The van der Waals surface area contributed by atoms with Gasteiger partial charge < -0.3 is 0 Å². The molecule has 0 N–H and O–H groups in total. The van der Waals surface area contributed by atoms with E-state index in [0.29, 0.717) is 5.38 Å². The Morgan fingerprint density at radius 1 is 0.800 bits per heavy atom. The Kier molecular flexibility index (Phi) is 0.592. The van der Waals surface area contributed by atoms with Gasteiger partial charge in [0.15, 0.2) is 0 Å². The highest BCUT2D eigenvalue weighted by Crippen LogP contribution is 2.81. The molecule has 0 saturated heterocycles. The van der Waals surface area contributed by atoms with E-state index in [4.69, 9.17) is 11.6 Å². The fourth-order valence-electron chi connectivity index (χ4n) is 4.65. The van der Waals surface area contributed by atoms with Crippen LogP contribution < -0.4 is 0 Å². The molecule has 0 aromatic carbocycles. The topological polar surface area (TPSA) is 0 Å². The molecule has 1 heteroatoms. The van der Waals surface area contributed by atoms with Gasteiger partial charge in [0.1, 0.15) is 0 Å². The van der Waals surface area contributed by atoms with Gasteiger partial charge in [0.25, 0.3) is 0 Å². The highest BCUT2D eigenvalue weighted by Gasteiger charge is 2.77. The second kappa shape index (κ2) is 1.18. The summed E-state index contributed by atoms with van der Waals surface area (Å²) in [6.07, 6.45) is 2.93. The Balaban J connectivity index is 1.93. The second-order valence-electron chi connectivity index (χ2n) is 4.71. The van der Waals surface area contributed by atoms with Crippen LogP contribution in [0.2, 0.25) is 0 Å². The maximum absolute atomic E-state index is 6.25. The van der Waals surface area contributed by atoms with E-state index >= 15 is 0 Å². The zero-order valence-corrected chi connectivity index (χ0v) is 6.59. The highest BCUT2D eigenvalue weighted by molar-refractivity contribution is 6.21. The van der Waals surface area contributed by atoms with Crippen molar-refractivity contribution >= 4 is 11.6 Å². The average molecular weight is 155 g/mol. The zero-order chi connectivity index (χ0) is 6.46. The van der Waals surface area contributed by atoms with Gasteiger partial charge in [0, 0.05) is 5.38 Å². The van der Waals surface area contributed by atoms with Gasteiger partial charge in [-0.2, -0.15) is 0 Å². The van der Waals surface area contributed by atoms with Crippen molar-refractivity contribution in [2.45, 2.75) is 18.2 Å². The molecule has 0 aromatic heterocycles. The van der Waals surface area contributed by atoms with Crippen LogP contribution in [0, 0.1) is 35.5 Å². The second-order valence-corrected chi connectivity index (χ2v) is 5.27. The maximum Gasteiger partial charge on any atom is 0.0372 e. The number of hydrogen-bond donors (Lipinski definition) is 0. The Hall–Kier alpha value is 0.290. The molecule has 54 valence electrons. The van der Waals surface area contributed by atoms with Gasteiger partial charge in [-0.05, 0) is 48.3 Å². The van der Waals surface area contributed by atoms with E-state index in [-0.39, 0.29) is 0 Å². The lowest BCUT2D eigenvalue weighted by atomic mass is 10.0. The molecule has 0 spiro atoms. The number of hydrogen-bond acceptors (Lipinski definition) is 0. The molecule has 6 bridgehead atoms. The predicted molar refractivity (Wildman–Crippen MR) is 39.8 cm³/mol. The maximum atomic E-state index is 6.25. The normalized spacial score (nSPS) is 80.7. The Morgan fingerprint density at radius 2 is 1.60 bits per heavy atom. The molecule has 5 rings (SSSR count). The molecule has 5 aliphatic carbocycles. The van der Waals surface area contributed by atoms with Crippen LogP contribution in [0.15, 0.2) is 0 Å². The monoisotopic (exact) mass is 154 g/mol. The number of rotatable bonds is 0. The first kappa shape index (κ1) is 5.03. The van der Waals surface area contributed by atoms with Crippen molar-refractivity contribution in [3.8, 4) is 0 Å². The molecule has 0 amide bonds. The summed E-state index contributed by atoms with van der Waals surface area (Å²) < 4.78 is 0. The van der Waals surface area contributed by atoms with Crippen LogP contribution in [0.25, 0.3) is 0 Å². The van der Waals surface area contributed by atoms with Crippen LogP contribution >= 0.6 is 11.6 Å². The van der Waals surface area contributed by atoms with Gasteiger partial charge in [-0.25, -0.2) is 0 Å². The highest BCUT2D eigenvalue weighted by atomic mass is 35.5. The van der Waals surface area contributed by atoms with Crippen LogP contribution in [0.4, 0.5) is 0 Å². The molecule has 10 heavy (non-hydrogen) atoms. The molecule has 5 aliphatic rings. The van der Waals surface area contributed by atoms with Crippen LogP contribution in [0.3, 0.4) is 0 Å². The van der Waals surface area contributed by atoms with Gasteiger partial charge in [-0.15, -0.1) is 11.6 Å². The van der Waals surface area contributed by atoms with Crippen molar-refractivity contribution in [2.24, 2.45) is 35.5 Å². The van der Waals surface area contributed by atoms with Crippen molar-refractivity contribution in [1.29, 1.82) is 0 Å². The minimum Gasteiger partial charge on any atom is -0.123 e. The molecule has 0 aromatic rings. The van der Waals surface area contributed by atoms with Gasteiger partial charge in [0.05, 0.1) is 0 Å². The lowest BCUT2D eigenvalue weighted by molar-refractivity contribution is 0.444. The van der Waals surface area contributed by atoms with Crippen molar-refractivity contribution in [1.82, 2.24) is 0 Å². The van der Waals surface area contributed by atoms with E-state index in [1.807, 2.05) is 0 Å². The Bertz CT molecular complexity index is 213. The van der Waals surface area contributed by atoms with Crippen molar-refractivity contribution < 1.29 is 0 Å². The summed E-state index contributed by atoms with van der Waals surface area (Å²) in [6.45, 7) is 0. The van der Waals surface area contributed by atoms with Gasteiger partial charge >= 0.3 is 0 Å². The average Bonchev–Trinajstić information content (AvgIpc) is 2.34.